The van der Waals surface area contributed by atoms with Gasteiger partial charge in [-0.25, -0.2) is 8.78 Å². The van der Waals surface area contributed by atoms with E-state index in [0.29, 0.717) is 11.1 Å². The topological polar surface area (TPSA) is 58.9 Å². The lowest BCUT2D eigenvalue weighted by Gasteiger charge is -2.04. The zero-order valence-corrected chi connectivity index (χ0v) is 9.78. The number of aromatic nitrogens is 1. The first kappa shape index (κ1) is 11.1. The van der Waals surface area contributed by atoms with Gasteiger partial charge in [-0.15, -0.1) is 0 Å². The highest BCUT2D eigenvalue weighted by Gasteiger charge is 2.22. The van der Waals surface area contributed by atoms with Gasteiger partial charge in [0.25, 0.3) is 5.91 Å². The molecule has 0 atom stereocenters. The van der Waals surface area contributed by atoms with Gasteiger partial charge in [0.2, 0.25) is 0 Å². The van der Waals surface area contributed by atoms with Crippen LogP contribution < -0.4 is 5.73 Å². The summed E-state index contributed by atoms with van der Waals surface area (Å²) in [7, 11) is 0. The lowest BCUT2D eigenvalue weighted by molar-refractivity contribution is 0.0997. The smallest absolute Gasteiger partial charge is 0.253 e. The minimum absolute atomic E-state index is 0.0191. The molecule has 0 radical (unpaired) electrons. The highest BCUT2D eigenvalue weighted by atomic mass is 79.9. The van der Waals surface area contributed by atoms with Crippen LogP contribution in [0.15, 0.2) is 10.5 Å². The number of fused-ring (bicyclic) bond motifs is 1. The second-order valence-electron chi connectivity index (χ2n) is 3.42. The van der Waals surface area contributed by atoms with E-state index in [4.69, 9.17) is 5.73 Å². The van der Waals surface area contributed by atoms with Crippen molar-refractivity contribution in [3.63, 3.8) is 0 Å². The summed E-state index contributed by atoms with van der Waals surface area (Å²) >= 11 is 2.94. The first-order chi connectivity index (χ1) is 7.43. The number of benzene rings is 1. The Hall–Kier alpha value is -1.43. The quantitative estimate of drug-likeness (QED) is 0.779. The fourth-order valence-corrected chi connectivity index (χ4v) is 2.11. The van der Waals surface area contributed by atoms with Crippen LogP contribution in [0.2, 0.25) is 0 Å². The van der Waals surface area contributed by atoms with Crippen LogP contribution in [0.25, 0.3) is 10.9 Å². The van der Waals surface area contributed by atoms with Crippen molar-refractivity contribution in [2.75, 3.05) is 0 Å². The largest absolute Gasteiger partial charge is 0.365 e. The summed E-state index contributed by atoms with van der Waals surface area (Å²) in [4.78, 5) is 13.9. The Labute approximate surface area is 97.8 Å². The van der Waals surface area contributed by atoms with Crippen LogP contribution in [0.4, 0.5) is 8.78 Å². The van der Waals surface area contributed by atoms with Gasteiger partial charge in [0.05, 0.1) is 9.99 Å². The fraction of sp³-hybridized carbons (Fsp3) is 0.100. The number of aryl methyl sites for hydroxylation is 1. The standard InChI is InChI=1S/C10H7BrF2N2O/c1-3-2-4-6(11)8(13)7(12)5(10(14)16)9(4)15-3/h2,15H,1H3,(H2,14,16). The zero-order chi connectivity index (χ0) is 12.0. The van der Waals surface area contributed by atoms with Gasteiger partial charge in [0.1, 0.15) is 5.56 Å². The fourth-order valence-electron chi connectivity index (χ4n) is 1.62. The molecule has 3 N–H and O–H groups in total. The van der Waals surface area contributed by atoms with Crippen molar-refractivity contribution in [1.29, 1.82) is 0 Å². The number of amides is 1. The summed E-state index contributed by atoms with van der Waals surface area (Å²) in [6.45, 7) is 1.72. The Morgan fingerprint density at radius 1 is 1.44 bits per heavy atom. The van der Waals surface area contributed by atoms with E-state index in [2.05, 4.69) is 20.9 Å². The van der Waals surface area contributed by atoms with Crippen molar-refractivity contribution in [2.45, 2.75) is 6.92 Å². The first-order valence-electron chi connectivity index (χ1n) is 4.39. The Kier molecular flexibility index (Phi) is 2.46. The molecule has 1 aromatic heterocycles. The SMILES string of the molecule is Cc1cc2c(Br)c(F)c(F)c(C(N)=O)c2[nH]1. The molecule has 1 amide bonds. The highest BCUT2D eigenvalue weighted by Crippen LogP contribution is 2.32. The number of hydrogen-bond acceptors (Lipinski definition) is 1. The minimum Gasteiger partial charge on any atom is -0.365 e. The molecule has 1 aromatic carbocycles. The summed E-state index contributed by atoms with van der Waals surface area (Å²) in [6.07, 6.45) is 0. The van der Waals surface area contributed by atoms with Crippen molar-refractivity contribution in [1.82, 2.24) is 4.98 Å². The number of aromatic amines is 1. The van der Waals surface area contributed by atoms with Gasteiger partial charge in [-0.1, -0.05) is 0 Å². The number of carbonyl (C=O) groups excluding carboxylic acids is 1. The third kappa shape index (κ3) is 1.41. The zero-order valence-electron chi connectivity index (χ0n) is 8.20. The average molecular weight is 289 g/mol. The van der Waals surface area contributed by atoms with Crippen LogP contribution >= 0.6 is 15.9 Å². The van der Waals surface area contributed by atoms with E-state index in [1.54, 1.807) is 13.0 Å². The maximum Gasteiger partial charge on any atom is 0.253 e. The summed E-state index contributed by atoms with van der Waals surface area (Å²) in [5.74, 6) is -3.36. The third-order valence-corrected chi connectivity index (χ3v) is 3.07. The van der Waals surface area contributed by atoms with Crippen molar-refractivity contribution < 1.29 is 13.6 Å². The highest BCUT2D eigenvalue weighted by molar-refractivity contribution is 9.10. The van der Waals surface area contributed by atoms with Crippen LogP contribution in [0.3, 0.4) is 0 Å². The van der Waals surface area contributed by atoms with Gasteiger partial charge in [-0.05, 0) is 28.9 Å². The molecule has 6 heteroatoms. The normalized spacial score (nSPS) is 11.0. The number of rotatable bonds is 1. The molecule has 0 aliphatic carbocycles. The number of nitrogens with two attached hydrogens (primary N) is 1. The lowest BCUT2D eigenvalue weighted by atomic mass is 10.1. The summed E-state index contributed by atoms with van der Waals surface area (Å²) in [5, 5.41) is 0.394. The molecule has 84 valence electrons. The van der Waals surface area contributed by atoms with E-state index >= 15 is 0 Å². The van der Waals surface area contributed by atoms with Crippen molar-refractivity contribution in [2.24, 2.45) is 5.73 Å². The molecule has 2 aromatic rings. The van der Waals surface area contributed by atoms with E-state index in [0.717, 1.165) is 0 Å². The Balaban J connectivity index is 3.02. The molecule has 16 heavy (non-hydrogen) atoms. The van der Waals surface area contributed by atoms with E-state index in [1.807, 2.05) is 0 Å². The number of H-pyrrole nitrogens is 1. The minimum atomic E-state index is -1.24. The molecule has 2 rings (SSSR count). The third-order valence-electron chi connectivity index (χ3n) is 2.29. The number of carbonyl (C=O) groups is 1. The molecule has 1 heterocycles. The summed E-state index contributed by atoms with van der Waals surface area (Å²) in [6, 6.07) is 1.61. The van der Waals surface area contributed by atoms with E-state index in [1.165, 1.54) is 0 Å². The molecule has 0 saturated heterocycles. The van der Waals surface area contributed by atoms with Crippen LogP contribution in [-0.4, -0.2) is 10.9 Å². The van der Waals surface area contributed by atoms with Gasteiger partial charge in [-0.3, -0.25) is 4.79 Å². The predicted octanol–water partition coefficient (Wildman–Crippen LogP) is 2.62. The molecular formula is C10H7BrF2N2O. The van der Waals surface area contributed by atoms with Crippen LogP contribution in [0.5, 0.6) is 0 Å². The first-order valence-corrected chi connectivity index (χ1v) is 5.18. The molecule has 0 aliphatic rings. The predicted molar refractivity (Wildman–Crippen MR) is 59.2 cm³/mol. The number of hydrogen-bond donors (Lipinski definition) is 2. The van der Waals surface area contributed by atoms with Crippen LogP contribution in [-0.2, 0) is 0 Å². The number of nitrogens with one attached hydrogen (secondary N) is 1. The number of halogens is 3. The average Bonchev–Trinajstić information content (AvgIpc) is 2.56. The Bertz CT molecular complexity index is 607. The van der Waals surface area contributed by atoms with Gasteiger partial charge in [0, 0.05) is 11.1 Å². The van der Waals surface area contributed by atoms with Crippen LogP contribution in [0.1, 0.15) is 16.1 Å². The molecule has 3 nitrogen and oxygen atoms in total. The molecule has 0 unspecified atom stereocenters. The molecule has 0 spiro atoms. The second kappa shape index (κ2) is 3.55. The Morgan fingerprint density at radius 2 is 2.06 bits per heavy atom. The van der Waals surface area contributed by atoms with Gasteiger partial charge < -0.3 is 10.7 Å². The van der Waals surface area contributed by atoms with Crippen LogP contribution in [0, 0.1) is 18.6 Å². The molecule has 0 fully saturated rings. The number of primary amides is 1. The molecular weight excluding hydrogens is 282 g/mol. The lowest BCUT2D eigenvalue weighted by Crippen LogP contribution is -2.15. The summed E-state index contributed by atoms with van der Waals surface area (Å²) in [5.41, 5.74) is 5.46. The van der Waals surface area contributed by atoms with E-state index < -0.39 is 23.1 Å². The maximum absolute atomic E-state index is 13.5. The van der Waals surface area contributed by atoms with E-state index in [-0.39, 0.29) is 9.99 Å². The van der Waals surface area contributed by atoms with Gasteiger partial charge in [0.15, 0.2) is 11.6 Å². The van der Waals surface area contributed by atoms with E-state index in [9.17, 15) is 13.6 Å². The monoisotopic (exact) mass is 288 g/mol. The Morgan fingerprint density at radius 3 is 2.62 bits per heavy atom. The summed E-state index contributed by atoms with van der Waals surface area (Å²) < 4.78 is 27.0. The van der Waals surface area contributed by atoms with Gasteiger partial charge in [-0.2, -0.15) is 0 Å². The molecule has 0 bridgehead atoms. The van der Waals surface area contributed by atoms with Crippen molar-refractivity contribution >= 4 is 32.7 Å². The second-order valence-corrected chi connectivity index (χ2v) is 4.22. The van der Waals surface area contributed by atoms with Gasteiger partial charge >= 0.3 is 0 Å². The van der Waals surface area contributed by atoms with Crippen molar-refractivity contribution in [3.8, 4) is 0 Å². The molecule has 0 saturated carbocycles. The van der Waals surface area contributed by atoms with Crippen molar-refractivity contribution in [3.05, 3.63) is 33.4 Å². The molecule has 0 aliphatic heterocycles. The maximum atomic E-state index is 13.5.